The first kappa shape index (κ1) is 16.4. The Morgan fingerprint density at radius 2 is 2.00 bits per heavy atom. The minimum absolute atomic E-state index is 0.432. The van der Waals surface area contributed by atoms with Crippen LogP contribution in [0.2, 0.25) is 0 Å². The lowest BCUT2D eigenvalue weighted by Crippen LogP contribution is -2.46. The van der Waals surface area contributed by atoms with Gasteiger partial charge in [0.2, 0.25) is 5.91 Å². The molecule has 7 heteroatoms. The van der Waals surface area contributed by atoms with Crippen LogP contribution in [-0.2, 0) is 4.79 Å². The number of carbonyl (C=O) groups is 1. The molecule has 2 atom stereocenters. The molecule has 4 nitrogen and oxygen atoms in total. The van der Waals surface area contributed by atoms with Crippen LogP contribution in [0.25, 0.3) is 11.0 Å². The summed E-state index contributed by atoms with van der Waals surface area (Å²) in [4.78, 5) is 11.7. The zero-order valence-corrected chi connectivity index (χ0v) is 12.1. The van der Waals surface area contributed by atoms with Crippen LogP contribution in [0.5, 0.6) is 0 Å². The Balaban J connectivity index is 2.05. The molecule has 0 aliphatic rings. The molecule has 0 saturated carbocycles. The van der Waals surface area contributed by atoms with E-state index in [4.69, 9.17) is 4.42 Å². The summed E-state index contributed by atoms with van der Waals surface area (Å²) in [6, 6.07) is 8.30. The van der Waals surface area contributed by atoms with Crippen molar-refractivity contribution in [2.24, 2.45) is 0 Å². The van der Waals surface area contributed by atoms with Crippen LogP contribution in [0.1, 0.15) is 32.1 Å². The van der Waals surface area contributed by atoms with Crippen molar-refractivity contribution < 1.29 is 27.5 Å². The number of furan rings is 1. The molecule has 0 aliphatic heterocycles. The van der Waals surface area contributed by atoms with Gasteiger partial charge in [-0.1, -0.05) is 18.2 Å². The lowest BCUT2D eigenvalue weighted by atomic mass is 10.0. The summed E-state index contributed by atoms with van der Waals surface area (Å²) >= 11 is 0. The van der Waals surface area contributed by atoms with E-state index in [1.807, 2.05) is 12.1 Å². The number of para-hydroxylation sites is 1. The molecular weight excluding hydrogens is 299 g/mol. The number of fused-ring (bicyclic) bond motifs is 1. The van der Waals surface area contributed by atoms with E-state index in [-0.39, 0.29) is 0 Å². The fraction of sp³-hybridized carbons (Fsp3) is 0.400. The molecule has 1 aromatic heterocycles. The number of benzene rings is 1. The Kier molecular flexibility index (Phi) is 4.19. The van der Waals surface area contributed by atoms with Gasteiger partial charge >= 0.3 is 6.18 Å². The van der Waals surface area contributed by atoms with E-state index < -0.39 is 30.1 Å². The molecular formula is C15H16F3NO3. The smallest absolute Gasteiger partial charge is 0.417 e. The van der Waals surface area contributed by atoms with Crippen molar-refractivity contribution in [1.82, 2.24) is 5.32 Å². The zero-order chi connectivity index (χ0) is 16.5. The maximum atomic E-state index is 12.5. The van der Waals surface area contributed by atoms with Crippen molar-refractivity contribution >= 4 is 16.9 Å². The number of aliphatic hydroxyl groups is 1. The number of alkyl halides is 3. The molecule has 0 spiro atoms. The molecule has 0 bridgehead atoms. The molecule has 1 aromatic carbocycles. The van der Waals surface area contributed by atoms with Crippen molar-refractivity contribution in [3.05, 3.63) is 36.1 Å². The van der Waals surface area contributed by atoms with Gasteiger partial charge in [-0.05, 0) is 26.0 Å². The lowest BCUT2D eigenvalue weighted by Gasteiger charge is -2.26. The molecule has 0 unspecified atom stereocenters. The van der Waals surface area contributed by atoms with E-state index in [0.717, 1.165) is 5.39 Å². The standard InChI is InChI=1S/C15H16F3NO3/c1-9(12-7-10-5-3-4-6-11(10)22-12)19-13(20)8-14(2,21)15(16,17)18/h3-7,9,21H,8H2,1-2H3,(H,19,20)/t9-,14-/m1/s1. The first-order valence-corrected chi connectivity index (χ1v) is 6.67. The van der Waals surface area contributed by atoms with Gasteiger partial charge < -0.3 is 14.8 Å². The molecule has 1 amide bonds. The van der Waals surface area contributed by atoms with Crippen LogP contribution < -0.4 is 5.32 Å². The Morgan fingerprint density at radius 1 is 1.36 bits per heavy atom. The van der Waals surface area contributed by atoms with Crippen LogP contribution in [0.4, 0.5) is 13.2 Å². The fourth-order valence-corrected chi connectivity index (χ4v) is 1.99. The molecule has 0 radical (unpaired) electrons. The summed E-state index contributed by atoms with van der Waals surface area (Å²) in [5.74, 6) is -0.475. The SMILES string of the molecule is C[C@@H](NC(=O)C[C@@](C)(O)C(F)(F)F)c1cc2ccccc2o1. The normalized spacial score (nSPS) is 16.3. The molecule has 0 aliphatic carbocycles. The summed E-state index contributed by atoms with van der Waals surface area (Å²) < 4.78 is 43.2. The average Bonchev–Trinajstić information content (AvgIpc) is 2.80. The quantitative estimate of drug-likeness (QED) is 0.910. The Morgan fingerprint density at radius 3 is 2.59 bits per heavy atom. The van der Waals surface area contributed by atoms with Crippen LogP contribution in [0, 0.1) is 0 Å². The zero-order valence-electron chi connectivity index (χ0n) is 12.1. The highest BCUT2D eigenvalue weighted by atomic mass is 19.4. The van der Waals surface area contributed by atoms with E-state index in [9.17, 15) is 23.1 Å². The van der Waals surface area contributed by atoms with Gasteiger partial charge in [-0.25, -0.2) is 0 Å². The Labute approximate surface area is 124 Å². The third kappa shape index (κ3) is 3.41. The summed E-state index contributed by atoms with van der Waals surface area (Å²) in [6.45, 7) is 2.16. The first-order valence-electron chi connectivity index (χ1n) is 6.67. The predicted molar refractivity (Wildman–Crippen MR) is 74.1 cm³/mol. The van der Waals surface area contributed by atoms with Gasteiger partial charge in [-0.15, -0.1) is 0 Å². The number of hydrogen-bond acceptors (Lipinski definition) is 3. The summed E-state index contributed by atoms with van der Waals surface area (Å²) in [5, 5.41) is 12.5. The van der Waals surface area contributed by atoms with E-state index >= 15 is 0 Å². The topological polar surface area (TPSA) is 62.5 Å². The molecule has 0 fully saturated rings. The number of amides is 1. The van der Waals surface area contributed by atoms with E-state index in [1.165, 1.54) is 0 Å². The highest BCUT2D eigenvalue weighted by Crippen LogP contribution is 2.32. The summed E-state index contributed by atoms with van der Waals surface area (Å²) in [6.07, 6.45) is -5.94. The second kappa shape index (κ2) is 5.64. The van der Waals surface area contributed by atoms with Gasteiger partial charge in [0, 0.05) is 5.39 Å². The Hall–Kier alpha value is -2.02. The lowest BCUT2D eigenvalue weighted by molar-refractivity contribution is -0.253. The van der Waals surface area contributed by atoms with Crippen molar-refractivity contribution in [1.29, 1.82) is 0 Å². The molecule has 2 N–H and O–H groups in total. The molecule has 120 valence electrons. The third-order valence-electron chi connectivity index (χ3n) is 3.36. The largest absolute Gasteiger partial charge is 0.459 e. The maximum Gasteiger partial charge on any atom is 0.417 e. The number of hydrogen-bond donors (Lipinski definition) is 2. The average molecular weight is 315 g/mol. The Bertz CT molecular complexity index is 643. The molecule has 22 heavy (non-hydrogen) atoms. The number of rotatable bonds is 4. The van der Waals surface area contributed by atoms with Gasteiger partial charge in [0.05, 0.1) is 12.5 Å². The van der Waals surface area contributed by atoms with Crippen molar-refractivity contribution in [3.8, 4) is 0 Å². The molecule has 1 heterocycles. The predicted octanol–water partition coefficient (Wildman–Crippen LogP) is 3.31. The van der Waals surface area contributed by atoms with Crippen molar-refractivity contribution in [2.75, 3.05) is 0 Å². The fourth-order valence-electron chi connectivity index (χ4n) is 1.99. The minimum atomic E-state index is -4.87. The van der Waals surface area contributed by atoms with Crippen LogP contribution in [0.15, 0.2) is 34.7 Å². The third-order valence-corrected chi connectivity index (χ3v) is 3.36. The summed E-state index contributed by atoms with van der Waals surface area (Å²) in [7, 11) is 0. The molecule has 0 saturated heterocycles. The van der Waals surface area contributed by atoms with Gasteiger partial charge in [0.25, 0.3) is 0 Å². The molecule has 2 aromatic rings. The minimum Gasteiger partial charge on any atom is -0.459 e. The van der Waals surface area contributed by atoms with Crippen molar-refractivity contribution in [3.63, 3.8) is 0 Å². The van der Waals surface area contributed by atoms with E-state index in [0.29, 0.717) is 18.3 Å². The number of carbonyl (C=O) groups excluding carboxylic acids is 1. The first-order chi connectivity index (χ1) is 10.1. The molecule has 2 rings (SSSR count). The van der Waals surface area contributed by atoms with Crippen LogP contribution in [0.3, 0.4) is 0 Å². The van der Waals surface area contributed by atoms with Gasteiger partial charge in [0.1, 0.15) is 11.3 Å². The second-order valence-electron chi connectivity index (χ2n) is 5.42. The van der Waals surface area contributed by atoms with Gasteiger partial charge in [-0.3, -0.25) is 4.79 Å². The second-order valence-corrected chi connectivity index (χ2v) is 5.42. The maximum absolute atomic E-state index is 12.5. The summed E-state index contributed by atoms with van der Waals surface area (Å²) in [5.41, 5.74) is -2.44. The van der Waals surface area contributed by atoms with E-state index in [1.54, 1.807) is 25.1 Å². The highest BCUT2D eigenvalue weighted by molar-refractivity contribution is 5.79. The van der Waals surface area contributed by atoms with Crippen molar-refractivity contribution in [2.45, 2.75) is 38.1 Å². The number of nitrogens with one attached hydrogen (secondary N) is 1. The highest BCUT2D eigenvalue weighted by Gasteiger charge is 2.51. The van der Waals surface area contributed by atoms with Crippen LogP contribution in [-0.4, -0.2) is 22.8 Å². The van der Waals surface area contributed by atoms with Crippen LogP contribution >= 0.6 is 0 Å². The number of halogens is 3. The van der Waals surface area contributed by atoms with Gasteiger partial charge in [0.15, 0.2) is 5.60 Å². The van der Waals surface area contributed by atoms with Gasteiger partial charge in [-0.2, -0.15) is 13.2 Å². The van der Waals surface area contributed by atoms with E-state index in [2.05, 4.69) is 5.32 Å². The monoisotopic (exact) mass is 315 g/mol.